The molecule has 0 spiro atoms. The van der Waals surface area contributed by atoms with E-state index in [1.807, 2.05) is 13.8 Å². The Bertz CT molecular complexity index is 969. The molecule has 0 saturated carbocycles. The monoisotopic (exact) mass is 416 g/mol. The number of halogens is 1. The van der Waals surface area contributed by atoms with Gasteiger partial charge in [0.25, 0.3) is 17.5 Å². The quantitative estimate of drug-likeness (QED) is 0.388. The largest absolute Gasteiger partial charge is 0.269 e. The molecule has 2 aromatic carbocycles. The summed E-state index contributed by atoms with van der Waals surface area (Å²) >= 11 is 7.21. The third-order valence-corrected chi connectivity index (χ3v) is 5.44. The maximum Gasteiger partial charge on any atom is 0.269 e. The minimum atomic E-state index is -0.504. The predicted octanol–water partition coefficient (Wildman–Crippen LogP) is 4.67. The molecule has 0 aliphatic carbocycles. The number of imide groups is 1. The van der Waals surface area contributed by atoms with Crippen LogP contribution in [0.3, 0.4) is 0 Å². The van der Waals surface area contributed by atoms with Crippen LogP contribution < -0.4 is 0 Å². The summed E-state index contributed by atoms with van der Waals surface area (Å²) < 4.78 is 0. The minimum absolute atomic E-state index is 0.0720. The first-order chi connectivity index (χ1) is 13.3. The zero-order valence-electron chi connectivity index (χ0n) is 15.2. The van der Waals surface area contributed by atoms with Crippen molar-refractivity contribution in [1.29, 1.82) is 0 Å². The van der Waals surface area contributed by atoms with Gasteiger partial charge in [0.15, 0.2) is 0 Å². The van der Waals surface area contributed by atoms with Crippen molar-refractivity contribution in [1.82, 2.24) is 4.90 Å². The highest BCUT2D eigenvalue weighted by Gasteiger charge is 2.39. The van der Waals surface area contributed by atoms with E-state index in [9.17, 15) is 19.7 Å². The number of thioether (sulfide) groups is 1. The molecule has 3 rings (SSSR count). The van der Waals surface area contributed by atoms with Gasteiger partial charge in [0.1, 0.15) is 0 Å². The van der Waals surface area contributed by atoms with Crippen LogP contribution in [-0.2, 0) is 16.1 Å². The standard InChI is InChI=1S/C20H17ClN2O4S/c1-12(2)28-18-17(14-5-9-16(10-6-14)23(26)27)19(24)22(20(18)25)11-13-3-7-15(21)8-4-13/h3-10,12H,11H2,1-2H3. The SMILES string of the molecule is CC(C)SC1=C(c2ccc([N+](=O)[O-])cc2)C(=O)N(Cc2ccc(Cl)cc2)C1=O. The van der Waals surface area contributed by atoms with Crippen molar-refractivity contribution < 1.29 is 14.5 Å². The summed E-state index contributed by atoms with van der Waals surface area (Å²) in [5.41, 5.74) is 1.49. The highest BCUT2D eigenvalue weighted by Crippen LogP contribution is 2.38. The number of nitrogens with zero attached hydrogens (tertiary/aromatic N) is 2. The van der Waals surface area contributed by atoms with E-state index >= 15 is 0 Å². The summed E-state index contributed by atoms with van der Waals surface area (Å²) in [5.74, 6) is -0.760. The molecule has 1 aliphatic rings. The molecule has 2 aromatic rings. The average molecular weight is 417 g/mol. The van der Waals surface area contributed by atoms with E-state index in [-0.39, 0.29) is 29.0 Å². The molecule has 0 unspecified atom stereocenters. The van der Waals surface area contributed by atoms with Crippen molar-refractivity contribution in [2.45, 2.75) is 25.6 Å². The molecule has 2 amide bonds. The third kappa shape index (κ3) is 4.10. The molecular formula is C20H17ClN2O4S. The molecule has 8 heteroatoms. The van der Waals surface area contributed by atoms with E-state index in [4.69, 9.17) is 11.6 Å². The molecule has 1 aliphatic heterocycles. The summed E-state index contributed by atoms with van der Waals surface area (Å²) in [4.78, 5) is 38.0. The molecule has 28 heavy (non-hydrogen) atoms. The lowest BCUT2D eigenvalue weighted by Gasteiger charge is -2.15. The number of amides is 2. The van der Waals surface area contributed by atoms with E-state index in [1.54, 1.807) is 24.3 Å². The number of rotatable bonds is 6. The topological polar surface area (TPSA) is 80.5 Å². The first-order valence-electron chi connectivity index (χ1n) is 8.54. The predicted molar refractivity (Wildman–Crippen MR) is 110 cm³/mol. The number of carbonyl (C=O) groups is 2. The van der Waals surface area contributed by atoms with Crippen molar-refractivity contribution >= 4 is 46.4 Å². The average Bonchev–Trinajstić information content (AvgIpc) is 2.87. The van der Waals surface area contributed by atoms with Crippen molar-refractivity contribution in [2.24, 2.45) is 0 Å². The van der Waals surface area contributed by atoms with Crippen LogP contribution >= 0.6 is 23.4 Å². The molecule has 144 valence electrons. The van der Waals surface area contributed by atoms with Gasteiger partial charge < -0.3 is 0 Å². The number of nitro benzene ring substituents is 1. The minimum Gasteiger partial charge on any atom is -0.269 e. The Balaban J connectivity index is 1.97. The maximum absolute atomic E-state index is 13.1. The summed E-state index contributed by atoms with van der Waals surface area (Å²) in [6.07, 6.45) is 0. The normalized spacial score (nSPS) is 14.4. The van der Waals surface area contributed by atoms with E-state index < -0.39 is 10.8 Å². The highest BCUT2D eigenvalue weighted by atomic mass is 35.5. The molecule has 0 fully saturated rings. The second-order valence-electron chi connectivity index (χ2n) is 6.50. The van der Waals surface area contributed by atoms with Gasteiger partial charge in [-0.05, 0) is 35.4 Å². The van der Waals surface area contributed by atoms with Crippen LogP contribution in [0.5, 0.6) is 0 Å². The lowest BCUT2D eigenvalue weighted by atomic mass is 10.1. The summed E-state index contributed by atoms with van der Waals surface area (Å²) in [5, 5.41) is 11.6. The lowest BCUT2D eigenvalue weighted by Crippen LogP contribution is -2.31. The van der Waals surface area contributed by atoms with Gasteiger partial charge in [-0.2, -0.15) is 0 Å². The Morgan fingerprint density at radius 3 is 2.18 bits per heavy atom. The highest BCUT2D eigenvalue weighted by molar-refractivity contribution is 8.04. The van der Waals surface area contributed by atoms with Gasteiger partial charge in [-0.1, -0.05) is 37.6 Å². The Labute approximate surface area is 171 Å². The first kappa shape index (κ1) is 20.1. The number of nitro groups is 1. The van der Waals surface area contributed by atoms with Crippen LogP contribution in [-0.4, -0.2) is 26.9 Å². The molecule has 0 radical (unpaired) electrons. The van der Waals surface area contributed by atoms with Crippen molar-refractivity contribution in [3.05, 3.63) is 79.7 Å². The maximum atomic E-state index is 13.1. The number of hydrogen-bond donors (Lipinski definition) is 0. The molecule has 1 heterocycles. The van der Waals surface area contributed by atoms with Gasteiger partial charge in [0.2, 0.25) is 0 Å². The smallest absolute Gasteiger partial charge is 0.269 e. The van der Waals surface area contributed by atoms with E-state index in [2.05, 4.69) is 0 Å². The summed E-state index contributed by atoms with van der Waals surface area (Å²) in [6, 6.07) is 12.6. The van der Waals surface area contributed by atoms with Gasteiger partial charge in [0, 0.05) is 22.4 Å². The van der Waals surface area contributed by atoms with Crippen LogP contribution in [0, 0.1) is 10.1 Å². The van der Waals surface area contributed by atoms with Crippen LogP contribution in [0.2, 0.25) is 5.02 Å². The fraction of sp³-hybridized carbons (Fsp3) is 0.200. The number of hydrogen-bond acceptors (Lipinski definition) is 5. The molecule has 0 atom stereocenters. The van der Waals surface area contributed by atoms with E-state index in [1.165, 1.54) is 40.9 Å². The Kier molecular flexibility index (Phi) is 5.86. The zero-order valence-corrected chi connectivity index (χ0v) is 16.8. The van der Waals surface area contributed by atoms with Crippen LogP contribution in [0.1, 0.15) is 25.0 Å². The van der Waals surface area contributed by atoms with Crippen molar-refractivity contribution in [3.8, 4) is 0 Å². The fourth-order valence-corrected chi connectivity index (χ4v) is 3.95. The van der Waals surface area contributed by atoms with Gasteiger partial charge >= 0.3 is 0 Å². The Hall–Kier alpha value is -2.64. The third-order valence-electron chi connectivity index (χ3n) is 4.10. The second kappa shape index (κ2) is 8.16. The molecule has 0 bridgehead atoms. The molecule has 0 N–H and O–H groups in total. The van der Waals surface area contributed by atoms with Crippen LogP contribution in [0.4, 0.5) is 5.69 Å². The van der Waals surface area contributed by atoms with E-state index in [0.717, 1.165) is 5.56 Å². The van der Waals surface area contributed by atoms with Crippen LogP contribution in [0.25, 0.3) is 5.57 Å². The molecule has 6 nitrogen and oxygen atoms in total. The summed E-state index contributed by atoms with van der Waals surface area (Å²) in [6.45, 7) is 4.00. The fourth-order valence-electron chi connectivity index (χ4n) is 2.82. The number of benzene rings is 2. The second-order valence-corrected chi connectivity index (χ2v) is 8.52. The van der Waals surface area contributed by atoms with E-state index in [0.29, 0.717) is 15.5 Å². The lowest BCUT2D eigenvalue weighted by molar-refractivity contribution is -0.384. The Morgan fingerprint density at radius 1 is 1.04 bits per heavy atom. The number of non-ortho nitro benzene ring substituents is 1. The molecule has 0 aromatic heterocycles. The van der Waals surface area contributed by atoms with Crippen LogP contribution in [0.15, 0.2) is 53.4 Å². The number of carbonyl (C=O) groups excluding carboxylic acids is 2. The van der Waals surface area contributed by atoms with Gasteiger partial charge in [0.05, 0.1) is 21.9 Å². The van der Waals surface area contributed by atoms with Crippen molar-refractivity contribution in [3.63, 3.8) is 0 Å². The zero-order chi connectivity index (χ0) is 20.4. The van der Waals surface area contributed by atoms with Gasteiger partial charge in [-0.25, -0.2) is 0 Å². The van der Waals surface area contributed by atoms with Crippen molar-refractivity contribution in [2.75, 3.05) is 0 Å². The molecule has 0 saturated heterocycles. The Morgan fingerprint density at radius 2 is 1.64 bits per heavy atom. The first-order valence-corrected chi connectivity index (χ1v) is 9.80. The van der Waals surface area contributed by atoms with Gasteiger partial charge in [-0.3, -0.25) is 24.6 Å². The molecular weight excluding hydrogens is 400 g/mol. The van der Waals surface area contributed by atoms with Gasteiger partial charge in [-0.15, -0.1) is 11.8 Å². The summed E-state index contributed by atoms with van der Waals surface area (Å²) in [7, 11) is 0.